The Kier molecular flexibility index (Phi) is 3.40. The van der Waals surface area contributed by atoms with Crippen molar-refractivity contribution in [1.29, 1.82) is 0 Å². The Morgan fingerprint density at radius 3 is 2.24 bits per heavy atom. The summed E-state index contributed by atoms with van der Waals surface area (Å²) in [4.78, 5) is 25.1. The molecule has 4 atom stereocenters. The summed E-state index contributed by atoms with van der Waals surface area (Å²) in [5.74, 6) is -0.345. The summed E-state index contributed by atoms with van der Waals surface area (Å²) < 4.78 is 0. The fourth-order valence-corrected chi connectivity index (χ4v) is 3.27. The Bertz CT molecular complexity index is 329. The third-order valence-electron chi connectivity index (χ3n) is 4.20. The zero-order valence-electron chi connectivity index (χ0n) is 10.6. The second kappa shape index (κ2) is 4.67. The SMILES string of the molecule is CC1CC(C)N(C(=O)C2CCC(C(=O)O)C2)C1. The molecule has 17 heavy (non-hydrogen) atoms. The van der Waals surface area contributed by atoms with Gasteiger partial charge in [-0.3, -0.25) is 9.59 Å². The lowest BCUT2D eigenvalue weighted by atomic mass is 10.0. The van der Waals surface area contributed by atoms with Crippen molar-refractivity contribution in [1.82, 2.24) is 4.90 Å². The number of hydrogen-bond donors (Lipinski definition) is 1. The van der Waals surface area contributed by atoms with Crippen molar-refractivity contribution in [2.75, 3.05) is 6.54 Å². The molecule has 1 saturated carbocycles. The molecule has 1 heterocycles. The van der Waals surface area contributed by atoms with Crippen molar-refractivity contribution in [3.8, 4) is 0 Å². The Labute approximate surface area is 102 Å². The number of nitrogens with zero attached hydrogens (tertiary/aromatic N) is 1. The van der Waals surface area contributed by atoms with Crippen LogP contribution in [0.3, 0.4) is 0 Å². The smallest absolute Gasteiger partial charge is 0.306 e. The fraction of sp³-hybridized carbons (Fsp3) is 0.846. The lowest BCUT2D eigenvalue weighted by Crippen LogP contribution is -2.38. The van der Waals surface area contributed by atoms with Crippen LogP contribution in [0.15, 0.2) is 0 Å². The molecule has 0 aromatic carbocycles. The van der Waals surface area contributed by atoms with E-state index in [0.29, 0.717) is 24.8 Å². The number of carboxylic acid groups (broad SMARTS) is 1. The van der Waals surface area contributed by atoms with E-state index in [-0.39, 0.29) is 17.7 Å². The van der Waals surface area contributed by atoms with Gasteiger partial charge in [-0.15, -0.1) is 0 Å². The van der Waals surface area contributed by atoms with Crippen LogP contribution in [0.25, 0.3) is 0 Å². The second-order valence-electron chi connectivity index (χ2n) is 5.73. The third kappa shape index (κ3) is 2.45. The van der Waals surface area contributed by atoms with Crippen LogP contribution in [0.4, 0.5) is 0 Å². The van der Waals surface area contributed by atoms with Crippen LogP contribution in [0.5, 0.6) is 0 Å². The Morgan fingerprint density at radius 1 is 1.12 bits per heavy atom. The number of carbonyl (C=O) groups is 2. The van der Waals surface area contributed by atoms with E-state index in [1.165, 1.54) is 0 Å². The van der Waals surface area contributed by atoms with Crippen LogP contribution in [-0.4, -0.2) is 34.5 Å². The topological polar surface area (TPSA) is 57.6 Å². The maximum Gasteiger partial charge on any atom is 0.306 e. The lowest BCUT2D eigenvalue weighted by molar-refractivity contribution is -0.141. The molecule has 1 aliphatic heterocycles. The first-order valence-electron chi connectivity index (χ1n) is 6.52. The van der Waals surface area contributed by atoms with Crippen molar-refractivity contribution < 1.29 is 14.7 Å². The number of rotatable bonds is 2. The monoisotopic (exact) mass is 239 g/mol. The molecule has 1 N–H and O–H groups in total. The second-order valence-corrected chi connectivity index (χ2v) is 5.73. The van der Waals surface area contributed by atoms with E-state index in [4.69, 9.17) is 5.11 Å². The molecule has 1 aliphatic carbocycles. The Balaban J connectivity index is 1.95. The summed E-state index contributed by atoms with van der Waals surface area (Å²) in [5.41, 5.74) is 0. The predicted molar refractivity (Wildman–Crippen MR) is 63.4 cm³/mol. The Morgan fingerprint density at radius 2 is 1.76 bits per heavy atom. The van der Waals surface area contributed by atoms with Gasteiger partial charge >= 0.3 is 5.97 Å². The number of carbonyl (C=O) groups excluding carboxylic acids is 1. The number of amides is 1. The quantitative estimate of drug-likeness (QED) is 0.798. The minimum absolute atomic E-state index is 0.0520. The third-order valence-corrected chi connectivity index (χ3v) is 4.20. The minimum atomic E-state index is -0.747. The number of likely N-dealkylation sites (tertiary alicyclic amines) is 1. The van der Waals surface area contributed by atoms with Crippen LogP contribution in [0, 0.1) is 17.8 Å². The largest absolute Gasteiger partial charge is 0.481 e. The van der Waals surface area contributed by atoms with Crippen LogP contribution in [0.2, 0.25) is 0 Å². The van der Waals surface area contributed by atoms with E-state index in [9.17, 15) is 9.59 Å². The van der Waals surface area contributed by atoms with Gasteiger partial charge < -0.3 is 10.0 Å². The van der Waals surface area contributed by atoms with Crippen LogP contribution in [0.1, 0.15) is 39.5 Å². The molecule has 2 fully saturated rings. The average molecular weight is 239 g/mol. The summed E-state index contributed by atoms with van der Waals surface area (Å²) in [7, 11) is 0. The molecule has 96 valence electrons. The van der Waals surface area contributed by atoms with Gasteiger partial charge in [0, 0.05) is 18.5 Å². The maximum absolute atomic E-state index is 12.3. The standard InChI is InChI=1S/C13H21NO3/c1-8-5-9(2)14(7-8)12(15)10-3-4-11(6-10)13(16)17/h8-11H,3-7H2,1-2H3,(H,16,17). The van der Waals surface area contributed by atoms with Gasteiger partial charge in [-0.25, -0.2) is 0 Å². The lowest BCUT2D eigenvalue weighted by Gasteiger charge is -2.24. The molecular weight excluding hydrogens is 218 g/mol. The highest BCUT2D eigenvalue weighted by atomic mass is 16.4. The molecule has 0 aromatic rings. The average Bonchev–Trinajstić information content (AvgIpc) is 2.84. The number of aliphatic carboxylic acids is 1. The van der Waals surface area contributed by atoms with Crippen LogP contribution in [-0.2, 0) is 9.59 Å². The molecule has 1 amide bonds. The zero-order chi connectivity index (χ0) is 12.6. The molecular formula is C13H21NO3. The van der Waals surface area contributed by atoms with Gasteiger partial charge in [-0.05, 0) is 38.5 Å². The van der Waals surface area contributed by atoms with Crippen LogP contribution < -0.4 is 0 Å². The molecule has 0 radical (unpaired) electrons. The van der Waals surface area contributed by atoms with Gasteiger partial charge in [-0.2, -0.15) is 0 Å². The van der Waals surface area contributed by atoms with E-state index in [2.05, 4.69) is 13.8 Å². The van der Waals surface area contributed by atoms with E-state index >= 15 is 0 Å². The number of carboxylic acids is 1. The highest BCUT2D eigenvalue weighted by Gasteiger charge is 2.39. The van der Waals surface area contributed by atoms with Crippen molar-refractivity contribution in [2.24, 2.45) is 17.8 Å². The molecule has 2 aliphatic rings. The summed E-state index contributed by atoms with van der Waals surface area (Å²) in [6.07, 6.45) is 3.00. The summed E-state index contributed by atoms with van der Waals surface area (Å²) >= 11 is 0. The maximum atomic E-state index is 12.3. The fourth-order valence-electron chi connectivity index (χ4n) is 3.27. The van der Waals surface area contributed by atoms with E-state index in [1.807, 2.05) is 4.90 Å². The first kappa shape index (κ1) is 12.4. The van der Waals surface area contributed by atoms with Gasteiger partial charge in [0.15, 0.2) is 0 Å². The Hall–Kier alpha value is -1.06. The van der Waals surface area contributed by atoms with Gasteiger partial charge in [-0.1, -0.05) is 6.92 Å². The van der Waals surface area contributed by atoms with Crippen molar-refractivity contribution in [3.05, 3.63) is 0 Å². The highest BCUT2D eigenvalue weighted by Crippen LogP contribution is 2.34. The van der Waals surface area contributed by atoms with Gasteiger partial charge in [0.2, 0.25) is 5.91 Å². The van der Waals surface area contributed by atoms with Gasteiger partial charge in [0.05, 0.1) is 5.92 Å². The summed E-state index contributed by atoms with van der Waals surface area (Å²) in [5, 5.41) is 8.95. The van der Waals surface area contributed by atoms with E-state index in [1.54, 1.807) is 0 Å². The first-order chi connectivity index (χ1) is 7.99. The number of hydrogen-bond acceptors (Lipinski definition) is 2. The molecule has 4 nitrogen and oxygen atoms in total. The molecule has 1 saturated heterocycles. The minimum Gasteiger partial charge on any atom is -0.481 e. The molecule has 0 spiro atoms. The molecule has 4 heteroatoms. The normalized spacial score (nSPS) is 37.4. The zero-order valence-corrected chi connectivity index (χ0v) is 10.6. The molecule has 4 unspecified atom stereocenters. The summed E-state index contributed by atoms with van der Waals surface area (Å²) in [6.45, 7) is 5.09. The van der Waals surface area contributed by atoms with Crippen molar-refractivity contribution >= 4 is 11.9 Å². The predicted octanol–water partition coefficient (Wildman–Crippen LogP) is 1.74. The molecule has 0 aromatic heterocycles. The van der Waals surface area contributed by atoms with E-state index < -0.39 is 5.97 Å². The van der Waals surface area contributed by atoms with Crippen LogP contribution >= 0.6 is 0 Å². The van der Waals surface area contributed by atoms with E-state index in [0.717, 1.165) is 19.4 Å². The molecule has 2 rings (SSSR count). The summed E-state index contributed by atoms with van der Waals surface area (Å²) in [6, 6.07) is 0.321. The van der Waals surface area contributed by atoms with Gasteiger partial charge in [0.25, 0.3) is 0 Å². The highest BCUT2D eigenvalue weighted by molar-refractivity contribution is 5.81. The van der Waals surface area contributed by atoms with Crippen molar-refractivity contribution in [2.45, 2.75) is 45.6 Å². The first-order valence-corrected chi connectivity index (χ1v) is 6.52. The molecule has 0 bridgehead atoms. The van der Waals surface area contributed by atoms with Crippen molar-refractivity contribution in [3.63, 3.8) is 0 Å². The van der Waals surface area contributed by atoms with Gasteiger partial charge in [0.1, 0.15) is 0 Å².